The second-order valence-electron chi connectivity index (χ2n) is 14.7. The summed E-state index contributed by atoms with van der Waals surface area (Å²) in [6, 6.07) is 8.87. The number of benzene rings is 1. The minimum absolute atomic E-state index is 0.143. The van der Waals surface area contributed by atoms with Crippen LogP contribution in [0.3, 0.4) is 0 Å². The number of allylic oxidation sites excluding steroid dienone is 12. The smallest absolute Gasteiger partial charge is 0.308 e. The fourth-order valence-electron chi connectivity index (χ4n) is 9.76. The molecule has 1 fully saturated rings. The number of fused-ring (bicyclic) bond motifs is 6. The van der Waals surface area contributed by atoms with Crippen LogP contribution in [0.5, 0.6) is 0 Å². The molecule has 0 aromatic heterocycles. The predicted octanol–water partition coefficient (Wildman–Crippen LogP) is 9.11. The summed E-state index contributed by atoms with van der Waals surface area (Å²) in [6.07, 6.45) is 22.0. The zero-order valence-electron chi connectivity index (χ0n) is 28.2. The van der Waals surface area contributed by atoms with Gasteiger partial charge in [-0.25, -0.2) is 0 Å². The average Bonchev–Trinajstić information content (AvgIpc) is 3.46. The van der Waals surface area contributed by atoms with E-state index in [2.05, 4.69) is 87.6 Å². The fourth-order valence-corrected chi connectivity index (χ4v) is 9.76. The molecule has 8 unspecified atom stereocenters. The highest BCUT2D eigenvalue weighted by Gasteiger charge is 2.57. The molecule has 0 N–H and O–H groups in total. The van der Waals surface area contributed by atoms with Crippen molar-refractivity contribution in [1.29, 1.82) is 0 Å². The van der Waals surface area contributed by atoms with Crippen LogP contribution >= 0.6 is 0 Å². The first kappa shape index (κ1) is 31.6. The fraction of sp³-hybridized carbons (Fsp3) is 0.512. The maximum Gasteiger partial charge on any atom is 0.308 e. The average molecular weight is 607 g/mol. The summed E-state index contributed by atoms with van der Waals surface area (Å²) in [7, 11) is 3.01. The monoisotopic (exact) mass is 606 g/mol. The van der Waals surface area contributed by atoms with E-state index in [-0.39, 0.29) is 40.5 Å². The van der Waals surface area contributed by atoms with E-state index in [1.807, 2.05) is 13.8 Å². The van der Waals surface area contributed by atoms with Crippen LogP contribution in [0.15, 0.2) is 89.1 Å². The maximum atomic E-state index is 13.1. The van der Waals surface area contributed by atoms with E-state index in [0.29, 0.717) is 24.2 Å². The quantitative estimate of drug-likeness (QED) is 0.263. The summed E-state index contributed by atoms with van der Waals surface area (Å²) >= 11 is 0. The molecular formula is C41H50O4. The van der Waals surface area contributed by atoms with Crippen molar-refractivity contribution in [2.75, 3.05) is 14.2 Å². The van der Waals surface area contributed by atoms with Gasteiger partial charge in [-0.3, -0.25) is 9.59 Å². The lowest BCUT2D eigenvalue weighted by molar-refractivity contribution is -0.146. The van der Waals surface area contributed by atoms with Crippen molar-refractivity contribution in [2.45, 2.75) is 78.6 Å². The van der Waals surface area contributed by atoms with Gasteiger partial charge in [0.2, 0.25) is 0 Å². The highest BCUT2D eigenvalue weighted by atomic mass is 16.5. The van der Waals surface area contributed by atoms with Gasteiger partial charge in [0.25, 0.3) is 0 Å². The molecule has 5 aliphatic carbocycles. The second kappa shape index (κ2) is 12.1. The number of esters is 2. The molecule has 238 valence electrons. The molecule has 0 heterocycles. The summed E-state index contributed by atoms with van der Waals surface area (Å²) in [5.74, 6) is 0.773. The van der Waals surface area contributed by atoms with Crippen molar-refractivity contribution in [2.24, 2.45) is 40.9 Å². The highest BCUT2D eigenvalue weighted by molar-refractivity contribution is 5.91. The zero-order valence-corrected chi connectivity index (χ0v) is 28.2. The topological polar surface area (TPSA) is 52.6 Å². The van der Waals surface area contributed by atoms with E-state index >= 15 is 0 Å². The molecule has 0 saturated heterocycles. The minimum atomic E-state index is -0.329. The highest BCUT2D eigenvalue weighted by Crippen LogP contribution is 2.66. The maximum absolute atomic E-state index is 13.1. The van der Waals surface area contributed by atoms with Crippen molar-refractivity contribution in [3.63, 3.8) is 0 Å². The van der Waals surface area contributed by atoms with Crippen molar-refractivity contribution in [1.82, 2.24) is 0 Å². The Morgan fingerprint density at radius 1 is 0.844 bits per heavy atom. The SMILES string of the molecule is COC(=O)C(C)CC1(CCC2(CC(C)C(=O)OC)C3=CCC(C)C=C3C3=CC=CC(C)C32)C2=CCC(C)C=C2c2ccccc21. The van der Waals surface area contributed by atoms with Gasteiger partial charge in [0, 0.05) is 16.7 Å². The second-order valence-corrected chi connectivity index (χ2v) is 14.7. The van der Waals surface area contributed by atoms with Crippen molar-refractivity contribution >= 4 is 17.5 Å². The first-order valence-electron chi connectivity index (χ1n) is 17.1. The van der Waals surface area contributed by atoms with E-state index in [9.17, 15) is 9.59 Å². The molecule has 1 aromatic rings. The summed E-state index contributed by atoms with van der Waals surface area (Å²) in [5.41, 5.74) is 9.02. The molecule has 4 heteroatoms. The van der Waals surface area contributed by atoms with Crippen LogP contribution in [0.4, 0.5) is 0 Å². The summed E-state index contributed by atoms with van der Waals surface area (Å²) in [5, 5.41) is 0. The Hall–Kier alpha value is -3.40. The van der Waals surface area contributed by atoms with E-state index in [4.69, 9.17) is 9.47 Å². The van der Waals surface area contributed by atoms with Gasteiger partial charge in [0.15, 0.2) is 0 Å². The molecule has 0 amide bonds. The Bertz CT molecular complexity index is 1560. The van der Waals surface area contributed by atoms with Crippen LogP contribution in [0, 0.1) is 40.9 Å². The van der Waals surface area contributed by atoms with E-state index in [0.717, 1.165) is 32.1 Å². The number of carbonyl (C=O) groups is 2. The third-order valence-corrected chi connectivity index (χ3v) is 11.6. The molecule has 1 aromatic carbocycles. The number of ether oxygens (including phenoxy) is 2. The first-order valence-corrected chi connectivity index (χ1v) is 17.1. The molecule has 0 radical (unpaired) electrons. The molecule has 0 spiro atoms. The van der Waals surface area contributed by atoms with Gasteiger partial charge in [-0.15, -0.1) is 0 Å². The summed E-state index contributed by atoms with van der Waals surface area (Å²) in [4.78, 5) is 26.2. The van der Waals surface area contributed by atoms with E-state index < -0.39 is 0 Å². The predicted molar refractivity (Wildman–Crippen MR) is 181 cm³/mol. The van der Waals surface area contributed by atoms with Crippen molar-refractivity contribution in [3.05, 3.63) is 100 Å². The lowest BCUT2D eigenvalue weighted by atomic mass is 9.58. The summed E-state index contributed by atoms with van der Waals surface area (Å²) < 4.78 is 10.6. The lowest BCUT2D eigenvalue weighted by Crippen LogP contribution is -2.39. The van der Waals surface area contributed by atoms with Crippen molar-refractivity contribution in [3.8, 4) is 0 Å². The van der Waals surface area contributed by atoms with Gasteiger partial charge >= 0.3 is 11.9 Å². The van der Waals surface area contributed by atoms with Crippen LogP contribution < -0.4 is 0 Å². The van der Waals surface area contributed by atoms with Gasteiger partial charge in [-0.05, 0) is 95.3 Å². The van der Waals surface area contributed by atoms with Gasteiger partial charge in [-0.2, -0.15) is 0 Å². The minimum Gasteiger partial charge on any atom is -0.469 e. The Kier molecular flexibility index (Phi) is 8.48. The molecule has 4 nitrogen and oxygen atoms in total. The zero-order chi connectivity index (χ0) is 32.1. The number of rotatable bonds is 9. The molecule has 5 aliphatic rings. The van der Waals surface area contributed by atoms with Crippen LogP contribution in [-0.4, -0.2) is 26.2 Å². The van der Waals surface area contributed by atoms with E-state index in [1.54, 1.807) is 0 Å². The number of hydrogen-bond donors (Lipinski definition) is 0. The Balaban J connectivity index is 1.52. The molecule has 0 aliphatic heterocycles. The van der Waals surface area contributed by atoms with Gasteiger partial charge in [-0.1, -0.05) is 101 Å². The number of carbonyl (C=O) groups excluding carboxylic acids is 2. The normalized spacial score (nSPS) is 32.4. The Morgan fingerprint density at radius 2 is 1.47 bits per heavy atom. The molecule has 0 bridgehead atoms. The molecular weight excluding hydrogens is 556 g/mol. The molecule has 6 rings (SSSR count). The Labute approximate surface area is 270 Å². The third kappa shape index (κ3) is 5.13. The van der Waals surface area contributed by atoms with Gasteiger partial charge in [0.05, 0.1) is 26.1 Å². The van der Waals surface area contributed by atoms with E-state index in [1.165, 1.54) is 53.2 Å². The molecule has 45 heavy (non-hydrogen) atoms. The van der Waals surface area contributed by atoms with Gasteiger partial charge in [0.1, 0.15) is 0 Å². The number of methoxy groups -OCH3 is 2. The lowest BCUT2D eigenvalue weighted by Gasteiger charge is -2.45. The van der Waals surface area contributed by atoms with Gasteiger partial charge < -0.3 is 9.47 Å². The van der Waals surface area contributed by atoms with Crippen LogP contribution in [0.25, 0.3) is 5.57 Å². The van der Waals surface area contributed by atoms with Crippen LogP contribution in [0.2, 0.25) is 0 Å². The third-order valence-electron chi connectivity index (χ3n) is 11.6. The van der Waals surface area contributed by atoms with Crippen LogP contribution in [-0.2, 0) is 24.5 Å². The largest absolute Gasteiger partial charge is 0.469 e. The van der Waals surface area contributed by atoms with Crippen molar-refractivity contribution < 1.29 is 19.1 Å². The number of hydrogen-bond acceptors (Lipinski definition) is 4. The summed E-state index contributed by atoms with van der Waals surface area (Å²) in [6.45, 7) is 11.0. The first-order chi connectivity index (χ1) is 21.6. The van der Waals surface area contributed by atoms with Crippen LogP contribution in [0.1, 0.15) is 84.3 Å². The molecule has 8 atom stereocenters. The molecule has 1 saturated carbocycles. The standard InChI is InChI=1S/C41H50O4/c1-25-15-17-35-32(21-25)30-12-8-9-14-34(30)40(35,23-28(4)38(42)44-6)19-20-41(24-29(5)39(43)45-7)36-18-16-26(2)22-33(36)31-13-10-11-27(3)37(31)41/h8-14,17-18,21-22,25-29,37H,15-16,19-20,23-24H2,1-7H3. The Morgan fingerprint density at radius 3 is 2.16 bits per heavy atom.